The molecule has 2 aromatic carbocycles. The van der Waals surface area contributed by atoms with E-state index in [0.717, 1.165) is 28.4 Å². The van der Waals surface area contributed by atoms with Gasteiger partial charge in [-0.1, -0.05) is 39.8 Å². The molecule has 0 saturated carbocycles. The second kappa shape index (κ2) is 13.4. The highest BCUT2D eigenvalue weighted by Crippen LogP contribution is 2.35. The molecule has 4 rings (SSSR count). The molecule has 1 aliphatic rings. The summed E-state index contributed by atoms with van der Waals surface area (Å²) in [5.74, 6) is -5.40. The number of benzene rings is 2. The van der Waals surface area contributed by atoms with Crippen LogP contribution in [0.3, 0.4) is 0 Å². The molecule has 0 bridgehead atoms. The highest BCUT2D eigenvalue weighted by Gasteiger charge is 2.44. The van der Waals surface area contributed by atoms with Gasteiger partial charge in [0.1, 0.15) is 11.6 Å². The second-order valence-corrected chi connectivity index (χ2v) is 12.1. The Balaban J connectivity index is 1.78. The van der Waals surface area contributed by atoms with Gasteiger partial charge in [-0.05, 0) is 59.2 Å². The number of para-hydroxylation sites is 2. The number of nitrogens with one attached hydrogen (secondary N) is 1. The van der Waals surface area contributed by atoms with Crippen LogP contribution >= 0.6 is 11.3 Å². The number of anilines is 3. The number of fused-ring (bicyclic) bond motifs is 1. The third kappa shape index (κ3) is 7.26. The number of thiophene rings is 1. The lowest BCUT2D eigenvalue weighted by molar-refractivity contribution is -0.142. The normalized spacial score (nSPS) is 14.7. The van der Waals surface area contributed by atoms with Crippen molar-refractivity contribution in [2.24, 2.45) is 11.8 Å². The maximum Gasteiger partial charge on any atom is 0.342 e. The molecule has 1 aromatic heterocycles. The molecular formula is C31H34F2N4O5S. The third-order valence-corrected chi connectivity index (χ3v) is 7.56. The Morgan fingerprint density at radius 1 is 0.907 bits per heavy atom. The van der Waals surface area contributed by atoms with Crippen LogP contribution in [-0.2, 0) is 25.6 Å². The zero-order valence-corrected chi connectivity index (χ0v) is 25.1. The van der Waals surface area contributed by atoms with E-state index < -0.39 is 54.0 Å². The fourth-order valence-corrected chi connectivity index (χ4v) is 5.79. The predicted molar refractivity (Wildman–Crippen MR) is 161 cm³/mol. The van der Waals surface area contributed by atoms with Crippen molar-refractivity contribution in [3.63, 3.8) is 0 Å². The first-order chi connectivity index (χ1) is 20.4. The number of amides is 3. The van der Waals surface area contributed by atoms with Crippen LogP contribution in [0.5, 0.6) is 0 Å². The largest absolute Gasteiger partial charge is 0.479 e. The number of hydrogen-bond acceptors (Lipinski definition) is 6. The molecule has 0 radical (unpaired) electrons. The number of carboxylic acids is 1. The topological polar surface area (TPSA) is 110 Å². The molecule has 3 amide bonds. The van der Waals surface area contributed by atoms with E-state index in [0.29, 0.717) is 17.4 Å². The zero-order chi connectivity index (χ0) is 31.4. The summed E-state index contributed by atoms with van der Waals surface area (Å²) in [4.78, 5) is 58.5. The van der Waals surface area contributed by atoms with Crippen LogP contribution in [-0.4, -0.2) is 54.1 Å². The highest BCUT2D eigenvalue weighted by atomic mass is 32.1. The van der Waals surface area contributed by atoms with Crippen molar-refractivity contribution in [3.8, 4) is 0 Å². The van der Waals surface area contributed by atoms with Crippen LogP contribution in [0.4, 0.5) is 25.2 Å². The zero-order valence-electron chi connectivity index (χ0n) is 24.3. The summed E-state index contributed by atoms with van der Waals surface area (Å²) in [6.45, 7) is 8.19. The molecule has 9 nitrogen and oxygen atoms in total. The summed E-state index contributed by atoms with van der Waals surface area (Å²) >= 11 is 1.06. The SMILES string of the molecule is CC(C)CN1C(=O)C(NC(C(=O)O)N(C(=O)Cc2cc(F)cc(F)c2)c2cccs2)C(=O)N(CC(C)C)c2ccccc21. The van der Waals surface area contributed by atoms with E-state index in [4.69, 9.17) is 0 Å². The minimum atomic E-state index is -1.87. The molecule has 228 valence electrons. The van der Waals surface area contributed by atoms with E-state index in [2.05, 4.69) is 5.32 Å². The number of aliphatic carboxylic acids is 1. The molecule has 0 fully saturated rings. The number of carboxylic acid groups (broad SMARTS) is 1. The minimum Gasteiger partial charge on any atom is -0.479 e. The van der Waals surface area contributed by atoms with E-state index in [1.165, 1.54) is 15.9 Å². The van der Waals surface area contributed by atoms with Gasteiger partial charge >= 0.3 is 5.97 Å². The second-order valence-electron chi connectivity index (χ2n) is 11.2. The van der Waals surface area contributed by atoms with Crippen LogP contribution in [0.15, 0.2) is 60.0 Å². The smallest absolute Gasteiger partial charge is 0.342 e. The fourth-order valence-electron chi connectivity index (χ4n) is 5.01. The van der Waals surface area contributed by atoms with E-state index >= 15 is 0 Å². The number of carbonyl (C=O) groups is 4. The van der Waals surface area contributed by atoms with E-state index in [1.807, 2.05) is 27.7 Å². The Morgan fingerprint density at radius 3 is 1.88 bits per heavy atom. The molecule has 1 atom stereocenters. The minimum absolute atomic E-state index is 0.00326. The Labute approximate surface area is 252 Å². The Morgan fingerprint density at radius 2 is 1.44 bits per heavy atom. The van der Waals surface area contributed by atoms with Crippen molar-refractivity contribution < 1.29 is 33.1 Å². The molecule has 3 aromatic rings. The summed E-state index contributed by atoms with van der Waals surface area (Å²) < 4.78 is 27.8. The van der Waals surface area contributed by atoms with Gasteiger partial charge in [-0.25, -0.2) is 13.6 Å². The van der Waals surface area contributed by atoms with Crippen molar-refractivity contribution in [1.29, 1.82) is 0 Å². The molecule has 0 aliphatic carbocycles. The average molecular weight is 613 g/mol. The average Bonchev–Trinajstić information content (AvgIpc) is 3.43. The molecule has 2 heterocycles. The van der Waals surface area contributed by atoms with Gasteiger partial charge in [0.05, 0.1) is 22.8 Å². The lowest BCUT2D eigenvalue weighted by atomic mass is 10.1. The monoisotopic (exact) mass is 612 g/mol. The van der Waals surface area contributed by atoms with Gasteiger partial charge in [0.2, 0.25) is 5.91 Å². The summed E-state index contributed by atoms with van der Waals surface area (Å²) in [5.41, 5.74) is 1.04. The number of nitrogens with zero attached hydrogens (tertiary/aromatic N) is 3. The van der Waals surface area contributed by atoms with Gasteiger partial charge in [-0.3, -0.25) is 24.6 Å². The lowest BCUT2D eigenvalue weighted by Gasteiger charge is -2.33. The molecular weight excluding hydrogens is 578 g/mol. The maximum absolute atomic E-state index is 14.1. The summed E-state index contributed by atoms with van der Waals surface area (Å²) in [5, 5.41) is 14.9. The molecule has 43 heavy (non-hydrogen) atoms. The first-order valence-electron chi connectivity index (χ1n) is 13.9. The molecule has 0 spiro atoms. The van der Waals surface area contributed by atoms with Gasteiger partial charge in [0.15, 0.2) is 12.2 Å². The van der Waals surface area contributed by atoms with Crippen molar-refractivity contribution in [3.05, 3.63) is 77.2 Å². The van der Waals surface area contributed by atoms with Crippen LogP contribution < -0.4 is 20.0 Å². The van der Waals surface area contributed by atoms with Crippen molar-refractivity contribution in [2.75, 3.05) is 27.8 Å². The van der Waals surface area contributed by atoms with E-state index in [-0.39, 0.29) is 35.5 Å². The van der Waals surface area contributed by atoms with Gasteiger partial charge in [0, 0.05) is 19.2 Å². The summed E-state index contributed by atoms with van der Waals surface area (Å²) in [6, 6.07) is 11.1. The molecule has 1 unspecified atom stereocenters. The first-order valence-corrected chi connectivity index (χ1v) is 14.8. The van der Waals surface area contributed by atoms with Gasteiger partial charge in [-0.2, -0.15) is 0 Å². The number of halogens is 2. The Bertz CT molecular complexity index is 1430. The van der Waals surface area contributed by atoms with Crippen LogP contribution in [0.2, 0.25) is 0 Å². The molecule has 12 heteroatoms. The molecule has 1 aliphatic heterocycles. The Hall–Kier alpha value is -4.16. The quantitative estimate of drug-likeness (QED) is 0.241. The van der Waals surface area contributed by atoms with Crippen LogP contribution in [0, 0.1) is 23.5 Å². The fraction of sp³-hybridized carbons (Fsp3) is 0.355. The number of rotatable bonds is 11. The molecule has 2 N–H and O–H groups in total. The van der Waals surface area contributed by atoms with E-state index in [9.17, 15) is 33.1 Å². The lowest BCUT2D eigenvalue weighted by Crippen LogP contribution is -2.64. The first kappa shape index (κ1) is 31.8. The van der Waals surface area contributed by atoms with Crippen LogP contribution in [0.25, 0.3) is 0 Å². The number of hydrogen-bond donors (Lipinski definition) is 2. The third-order valence-electron chi connectivity index (χ3n) is 6.69. The van der Waals surface area contributed by atoms with Crippen LogP contribution in [0.1, 0.15) is 33.3 Å². The van der Waals surface area contributed by atoms with Crippen molar-refractivity contribution in [2.45, 2.75) is 46.3 Å². The molecule has 0 saturated heterocycles. The number of carbonyl (C=O) groups excluding carboxylic acids is 3. The van der Waals surface area contributed by atoms with Gasteiger partial charge in [-0.15, -0.1) is 11.3 Å². The predicted octanol–water partition coefficient (Wildman–Crippen LogP) is 4.66. The maximum atomic E-state index is 14.1. The summed E-state index contributed by atoms with van der Waals surface area (Å²) in [6.07, 6.45) is -2.40. The summed E-state index contributed by atoms with van der Waals surface area (Å²) in [7, 11) is 0. The van der Waals surface area contributed by atoms with Crippen molar-refractivity contribution in [1.82, 2.24) is 5.32 Å². The highest BCUT2D eigenvalue weighted by molar-refractivity contribution is 7.14. The standard InChI is InChI=1S/C31H34F2N4O5S/c1-18(2)16-35-23-8-5-6-9-24(23)36(17-19(3)4)30(40)27(29(35)39)34-28(31(41)42)37(26-10-7-11-43-26)25(38)14-20-12-21(32)15-22(33)13-20/h5-13,15,18-19,27-28,34H,14,16-17H2,1-4H3,(H,41,42). The van der Waals surface area contributed by atoms with Crippen molar-refractivity contribution >= 4 is 51.4 Å². The van der Waals surface area contributed by atoms with E-state index in [1.54, 1.807) is 35.7 Å². The van der Waals surface area contributed by atoms with Gasteiger partial charge < -0.3 is 14.9 Å². The Kier molecular flexibility index (Phi) is 9.92. The van der Waals surface area contributed by atoms with Gasteiger partial charge in [0.25, 0.3) is 11.8 Å².